The molecule has 4 aromatic heterocycles. The Morgan fingerprint density at radius 3 is 2.51 bits per heavy atom. The van der Waals surface area contributed by atoms with Crippen molar-refractivity contribution in [2.24, 2.45) is 5.73 Å². The summed E-state index contributed by atoms with van der Waals surface area (Å²) in [5.74, 6) is -2.30. The Kier molecular flexibility index (Phi) is 6.80. The third-order valence-corrected chi connectivity index (χ3v) is 8.87. The summed E-state index contributed by atoms with van der Waals surface area (Å²) in [7, 11) is 0. The van der Waals surface area contributed by atoms with Gasteiger partial charge in [0.2, 0.25) is 0 Å². The molecule has 4 heterocycles. The van der Waals surface area contributed by atoms with Gasteiger partial charge in [0.05, 0.1) is 33.9 Å². The van der Waals surface area contributed by atoms with Crippen LogP contribution in [0.3, 0.4) is 0 Å². The number of thiophene rings is 2. The van der Waals surface area contributed by atoms with E-state index in [9.17, 15) is 19.8 Å². The van der Waals surface area contributed by atoms with Crippen LogP contribution in [0.1, 0.15) is 58.4 Å². The maximum atomic E-state index is 11.8. The zero-order valence-electron chi connectivity index (χ0n) is 21.4. The topological polar surface area (TPSA) is 126 Å². The van der Waals surface area contributed by atoms with Gasteiger partial charge in [0.1, 0.15) is 0 Å². The van der Waals surface area contributed by atoms with E-state index in [4.69, 9.17) is 5.73 Å². The Bertz CT molecular complexity index is 1720. The lowest BCUT2D eigenvalue weighted by molar-refractivity contribution is -0.132. The number of aliphatic carboxylic acids is 1. The minimum absolute atomic E-state index is 0.00985. The lowest BCUT2D eigenvalue weighted by Gasteiger charge is -2.18. The van der Waals surface area contributed by atoms with Gasteiger partial charge < -0.3 is 15.9 Å². The third kappa shape index (κ3) is 4.94. The van der Waals surface area contributed by atoms with Crippen LogP contribution in [0.2, 0.25) is 0 Å². The van der Waals surface area contributed by atoms with Crippen molar-refractivity contribution in [3.8, 4) is 21.1 Å². The van der Waals surface area contributed by atoms with Crippen molar-refractivity contribution in [1.82, 2.24) is 9.97 Å². The van der Waals surface area contributed by atoms with Crippen molar-refractivity contribution in [3.05, 3.63) is 98.5 Å². The molecule has 4 N–H and O–H groups in total. The molecule has 39 heavy (non-hydrogen) atoms. The Labute approximate surface area is 233 Å². The van der Waals surface area contributed by atoms with Crippen LogP contribution in [0.25, 0.3) is 39.0 Å². The molecule has 9 heteroatoms. The van der Waals surface area contributed by atoms with E-state index < -0.39 is 11.9 Å². The Hall–Kier alpha value is -4.34. The fourth-order valence-corrected chi connectivity index (χ4v) is 7.01. The molecule has 0 fully saturated rings. The van der Waals surface area contributed by atoms with Gasteiger partial charge in [-0.3, -0.25) is 4.98 Å². The average Bonchev–Trinajstić information content (AvgIpc) is 3.61. The molecular weight excluding hydrogens is 530 g/mol. The second-order valence-electron chi connectivity index (χ2n) is 9.57. The summed E-state index contributed by atoms with van der Waals surface area (Å²) >= 11 is 3.55. The van der Waals surface area contributed by atoms with Crippen molar-refractivity contribution in [2.75, 3.05) is 0 Å². The number of hydrogen-bond acceptors (Lipinski definition) is 7. The normalized spacial score (nSPS) is 14.4. The highest BCUT2D eigenvalue weighted by molar-refractivity contribution is 7.22. The van der Waals surface area contributed by atoms with E-state index in [2.05, 4.69) is 47.4 Å². The van der Waals surface area contributed by atoms with Crippen LogP contribution in [0.5, 0.6) is 0 Å². The van der Waals surface area contributed by atoms with Gasteiger partial charge in [-0.15, -0.1) is 22.7 Å². The third-order valence-electron chi connectivity index (χ3n) is 6.69. The molecule has 0 bridgehead atoms. The second-order valence-corrected chi connectivity index (χ2v) is 11.6. The second kappa shape index (κ2) is 10.1. The maximum Gasteiger partial charge on any atom is 0.335 e. The first kappa shape index (κ1) is 26.3. The number of pyridine rings is 2. The minimum Gasteiger partial charge on any atom is -0.478 e. The molecule has 0 unspecified atom stereocenters. The molecule has 1 aliphatic rings. The van der Waals surface area contributed by atoms with E-state index >= 15 is 0 Å². The zero-order chi connectivity index (χ0) is 27.9. The molecule has 0 saturated carbocycles. The number of fused-ring (bicyclic) bond motifs is 3. The van der Waals surface area contributed by atoms with Gasteiger partial charge in [-0.25, -0.2) is 14.6 Å². The number of rotatable bonds is 7. The van der Waals surface area contributed by atoms with E-state index in [0.29, 0.717) is 11.4 Å². The van der Waals surface area contributed by atoms with Crippen LogP contribution < -0.4 is 5.73 Å². The number of carbonyl (C=O) groups is 2. The summed E-state index contributed by atoms with van der Waals surface area (Å²) in [6.07, 6.45) is 8.36. The highest BCUT2D eigenvalue weighted by atomic mass is 32.1. The maximum absolute atomic E-state index is 11.8. The number of aromatic nitrogens is 2. The number of carboxylic acids is 2. The molecule has 0 aromatic carbocycles. The summed E-state index contributed by atoms with van der Waals surface area (Å²) in [5, 5.41) is 21.1. The van der Waals surface area contributed by atoms with E-state index in [1.807, 2.05) is 18.2 Å². The van der Waals surface area contributed by atoms with E-state index in [1.54, 1.807) is 35.8 Å². The Morgan fingerprint density at radius 1 is 1.00 bits per heavy atom. The van der Waals surface area contributed by atoms with Crippen LogP contribution in [-0.4, -0.2) is 32.1 Å². The van der Waals surface area contributed by atoms with Crippen LogP contribution in [-0.2, 0) is 10.2 Å². The number of hydrogen-bond donors (Lipinski definition) is 3. The zero-order valence-corrected chi connectivity index (χ0v) is 23.1. The number of nitrogens with two attached hydrogens (primary N) is 1. The van der Waals surface area contributed by atoms with Gasteiger partial charge in [0.15, 0.2) is 0 Å². The fourth-order valence-electron chi connectivity index (χ4n) is 4.56. The van der Waals surface area contributed by atoms with Crippen molar-refractivity contribution >= 4 is 52.5 Å². The molecule has 7 nitrogen and oxygen atoms in total. The van der Waals surface area contributed by atoms with Crippen molar-refractivity contribution in [3.63, 3.8) is 0 Å². The van der Waals surface area contributed by atoms with E-state index in [1.165, 1.54) is 45.2 Å². The van der Waals surface area contributed by atoms with Gasteiger partial charge in [0.25, 0.3) is 0 Å². The summed E-state index contributed by atoms with van der Waals surface area (Å²) in [6.45, 7) is 6.09. The molecule has 0 radical (unpaired) electrons. The van der Waals surface area contributed by atoms with E-state index in [-0.39, 0.29) is 27.9 Å². The van der Waals surface area contributed by atoms with Crippen LogP contribution >= 0.6 is 22.7 Å². The standard InChI is InChI=1S/C30H25N3O4S2/c1-4-17(28(34)35)12-22(31)23-13-18(29(36)37)14-25(33-23)24-11-16(7-9-32-24)5-6-19-15-21-27(39-19)26-20(8-10-38-26)30(21,2)3/h4-15H,31H2,1-3H3,(H,34,35)(H,36,37)/b6-5+,17-4+,22-12-. The molecule has 4 aromatic rings. The number of nitrogens with zero attached hydrogens (tertiary/aromatic N) is 2. The lowest BCUT2D eigenvalue weighted by Crippen LogP contribution is -2.13. The summed E-state index contributed by atoms with van der Waals surface area (Å²) in [5.41, 5.74) is 10.6. The first-order chi connectivity index (χ1) is 18.6. The Morgan fingerprint density at radius 2 is 1.79 bits per heavy atom. The summed E-state index contributed by atoms with van der Waals surface area (Å²) in [6, 6.07) is 10.9. The predicted molar refractivity (Wildman–Crippen MR) is 157 cm³/mol. The highest BCUT2D eigenvalue weighted by Crippen LogP contribution is 2.54. The molecule has 0 spiro atoms. The Balaban J connectivity index is 1.47. The summed E-state index contributed by atoms with van der Waals surface area (Å²) < 4.78 is 0. The van der Waals surface area contributed by atoms with Gasteiger partial charge in [0, 0.05) is 26.2 Å². The smallest absolute Gasteiger partial charge is 0.335 e. The SMILES string of the molecule is C/C=C(\C=C(/N)c1cc(C(=O)O)cc(-c2cc(/C=C/c3cc4c(s3)-c3sccc3C4(C)C)ccn2)n1)C(=O)O. The minimum atomic E-state index is -1.16. The summed E-state index contributed by atoms with van der Waals surface area (Å²) in [4.78, 5) is 35.9. The molecular formula is C30H25N3O4S2. The van der Waals surface area contributed by atoms with Crippen LogP contribution in [0, 0.1) is 0 Å². The number of carboxylic acid groups (broad SMARTS) is 2. The van der Waals surface area contributed by atoms with E-state index in [0.717, 1.165) is 10.4 Å². The van der Waals surface area contributed by atoms with Crippen molar-refractivity contribution in [2.45, 2.75) is 26.2 Å². The molecule has 0 atom stereocenters. The largest absolute Gasteiger partial charge is 0.478 e. The molecule has 5 rings (SSSR count). The quantitative estimate of drug-likeness (QED) is 0.170. The van der Waals surface area contributed by atoms with Crippen molar-refractivity contribution < 1.29 is 19.8 Å². The van der Waals surface area contributed by atoms with Gasteiger partial charge in [-0.05, 0) is 77.5 Å². The van der Waals surface area contributed by atoms with Crippen molar-refractivity contribution in [1.29, 1.82) is 0 Å². The lowest BCUT2D eigenvalue weighted by atomic mass is 9.84. The van der Waals surface area contributed by atoms with Gasteiger partial charge in [-0.1, -0.05) is 26.0 Å². The predicted octanol–water partition coefficient (Wildman–Crippen LogP) is 6.77. The van der Waals surface area contributed by atoms with Gasteiger partial charge in [-0.2, -0.15) is 0 Å². The van der Waals surface area contributed by atoms with Crippen LogP contribution in [0.4, 0.5) is 0 Å². The highest BCUT2D eigenvalue weighted by Gasteiger charge is 2.38. The average molecular weight is 556 g/mol. The van der Waals surface area contributed by atoms with Crippen LogP contribution in [0.15, 0.2) is 65.7 Å². The molecule has 0 aliphatic heterocycles. The monoisotopic (exact) mass is 555 g/mol. The van der Waals surface area contributed by atoms with Gasteiger partial charge >= 0.3 is 11.9 Å². The number of allylic oxidation sites excluding steroid dienone is 1. The fraction of sp³-hybridized carbons (Fsp3) is 0.133. The number of aromatic carboxylic acids is 1. The molecule has 0 amide bonds. The molecule has 196 valence electrons. The molecule has 0 saturated heterocycles. The first-order valence-electron chi connectivity index (χ1n) is 12.1. The molecule has 1 aliphatic carbocycles. The first-order valence-corrected chi connectivity index (χ1v) is 13.8.